The molecule has 1 aliphatic heterocycles. The van der Waals surface area contributed by atoms with Crippen molar-refractivity contribution in [3.05, 3.63) is 29.8 Å². The van der Waals surface area contributed by atoms with E-state index in [2.05, 4.69) is 24.5 Å². The van der Waals surface area contributed by atoms with Gasteiger partial charge in [-0.3, -0.25) is 14.5 Å². The molecule has 0 radical (unpaired) electrons. The van der Waals surface area contributed by atoms with E-state index in [1.54, 1.807) is 6.92 Å². The number of hydrogen-bond donors (Lipinski definition) is 2. The molecule has 2 N–H and O–H groups in total. The van der Waals surface area contributed by atoms with Gasteiger partial charge in [-0.25, -0.2) is 4.79 Å². The van der Waals surface area contributed by atoms with Crippen molar-refractivity contribution in [1.82, 2.24) is 10.2 Å². The van der Waals surface area contributed by atoms with Crippen molar-refractivity contribution in [2.24, 2.45) is 0 Å². The molecule has 6 nitrogen and oxygen atoms in total. The first-order valence-electron chi connectivity index (χ1n) is 6.90. The fourth-order valence-corrected chi connectivity index (χ4v) is 2.10. The van der Waals surface area contributed by atoms with Crippen LogP contribution < -0.4 is 10.6 Å². The molecule has 1 aromatic carbocycles. The molecule has 1 aliphatic rings. The third-order valence-corrected chi connectivity index (χ3v) is 3.38. The summed E-state index contributed by atoms with van der Waals surface area (Å²) < 4.78 is 0. The normalized spacial score (nSPS) is 18.1. The fourth-order valence-electron chi connectivity index (χ4n) is 2.10. The van der Waals surface area contributed by atoms with Crippen LogP contribution in [0.15, 0.2) is 24.3 Å². The topological polar surface area (TPSA) is 78.5 Å². The molecule has 6 heteroatoms. The van der Waals surface area contributed by atoms with Crippen molar-refractivity contribution in [2.75, 3.05) is 11.9 Å². The summed E-state index contributed by atoms with van der Waals surface area (Å²) in [5.74, 6) is -0.364. The lowest BCUT2D eigenvalue weighted by molar-refractivity contribution is -0.130. The highest BCUT2D eigenvalue weighted by atomic mass is 16.2. The molecular weight excluding hydrogens is 270 g/mol. The van der Waals surface area contributed by atoms with E-state index < -0.39 is 18.0 Å². The molecule has 1 atom stereocenters. The summed E-state index contributed by atoms with van der Waals surface area (Å²) in [5, 5.41) is 5.14. The zero-order valence-electron chi connectivity index (χ0n) is 12.3. The highest BCUT2D eigenvalue weighted by Gasteiger charge is 2.36. The van der Waals surface area contributed by atoms with E-state index >= 15 is 0 Å². The van der Waals surface area contributed by atoms with Gasteiger partial charge in [0.15, 0.2) is 0 Å². The zero-order chi connectivity index (χ0) is 15.6. The standard InChI is InChI=1S/C15H19N3O3/c1-9(2)11-4-6-12(7-5-11)17-13(19)8-18-14(20)10(3)16-15(18)21/h4-7,9-10H,8H2,1-3H3,(H,16,21)(H,17,19)/t10-/m1/s1. The van der Waals surface area contributed by atoms with Crippen LogP contribution in [0.4, 0.5) is 10.5 Å². The number of carbonyl (C=O) groups is 3. The van der Waals surface area contributed by atoms with Crippen molar-refractivity contribution in [3.8, 4) is 0 Å². The number of nitrogens with one attached hydrogen (secondary N) is 2. The van der Waals surface area contributed by atoms with Gasteiger partial charge in [0.05, 0.1) is 0 Å². The molecule has 0 saturated carbocycles. The lowest BCUT2D eigenvalue weighted by Crippen LogP contribution is -2.38. The predicted octanol–water partition coefficient (Wildman–Crippen LogP) is 1.69. The number of urea groups is 1. The molecule has 0 aromatic heterocycles. The summed E-state index contributed by atoms with van der Waals surface area (Å²) in [5.41, 5.74) is 1.82. The molecule has 1 aromatic rings. The quantitative estimate of drug-likeness (QED) is 0.828. The van der Waals surface area contributed by atoms with E-state index in [1.165, 1.54) is 5.56 Å². The van der Waals surface area contributed by atoms with E-state index in [0.29, 0.717) is 11.6 Å². The third kappa shape index (κ3) is 3.39. The SMILES string of the molecule is CC(C)c1ccc(NC(=O)CN2C(=O)N[C@H](C)C2=O)cc1. The maximum absolute atomic E-state index is 11.9. The first kappa shape index (κ1) is 15.0. The largest absolute Gasteiger partial charge is 0.326 e. The van der Waals surface area contributed by atoms with Gasteiger partial charge in [-0.1, -0.05) is 26.0 Å². The number of hydrogen-bond acceptors (Lipinski definition) is 3. The Bertz CT molecular complexity index is 566. The minimum atomic E-state index is -0.573. The number of carbonyl (C=O) groups excluding carboxylic acids is 3. The number of anilines is 1. The molecule has 0 unspecified atom stereocenters. The van der Waals surface area contributed by atoms with Gasteiger partial charge in [0.25, 0.3) is 5.91 Å². The summed E-state index contributed by atoms with van der Waals surface area (Å²) in [6.07, 6.45) is 0. The second-order valence-corrected chi connectivity index (χ2v) is 5.42. The Morgan fingerprint density at radius 1 is 1.29 bits per heavy atom. The molecule has 21 heavy (non-hydrogen) atoms. The smallest absolute Gasteiger partial charge is 0.325 e. The van der Waals surface area contributed by atoms with Crippen LogP contribution in [0.1, 0.15) is 32.3 Å². The van der Waals surface area contributed by atoms with Gasteiger partial charge in [0.2, 0.25) is 5.91 Å². The van der Waals surface area contributed by atoms with Gasteiger partial charge < -0.3 is 10.6 Å². The number of benzene rings is 1. The molecule has 1 saturated heterocycles. The Morgan fingerprint density at radius 3 is 2.38 bits per heavy atom. The Morgan fingerprint density at radius 2 is 1.90 bits per heavy atom. The van der Waals surface area contributed by atoms with Gasteiger partial charge >= 0.3 is 6.03 Å². The van der Waals surface area contributed by atoms with Crippen molar-refractivity contribution in [2.45, 2.75) is 32.7 Å². The monoisotopic (exact) mass is 289 g/mol. The number of amides is 4. The van der Waals surface area contributed by atoms with Gasteiger partial charge in [0.1, 0.15) is 12.6 Å². The van der Waals surface area contributed by atoms with Gasteiger partial charge in [0, 0.05) is 5.69 Å². The molecule has 0 aliphatic carbocycles. The van der Waals surface area contributed by atoms with Crippen LogP contribution in [-0.2, 0) is 9.59 Å². The highest BCUT2D eigenvalue weighted by molar-refractivity contribution is 6.07. The van der Waals surface area contributed by atoms with E-state index in [-0.39, 0.29) is 12.5 Å². The van der Waals surface area contributed by atoms with Crippen LogP contribution in [0.5, 0.6) is 0 Å². The van der Waals surface area contributed by atoms with E-state index in [1.807, 2.05) is 24.3 Å². The summed E-state index contributed by atoms with van der Waals surface area (Å²) >= 11 is 0. The number of rotatable bonds is 4. The van der Waals surface area contributed by atoms with Crippen molar-refractivity contribution >= 4 is 23.5 Å². The van der Waals surface area contributed by atoms with Crippen molar-refractivity contribution in [1.29, 1.82) is 0 Å². The summed E-state index contributed by atoms with van der Waals surface area (Å²) in [6, 6.07) is 6.39. The summed E-state index contributed by atoms with van der Waals surface area (Å²) in [7, 11) is 0. The van der Waals surface area contributed by atoms with Crippen LogP contribution in [0.3, 0.4) is 0 Å². The molecule has 4 amide bonds. The Kier molecular flexibility index (Phi) is 4.26. The Labute approximate surface area is 123 Å². The maximum Gasteiger partial charge on any atom is 0.325 e. The Hall–Kier alpha value is -2.37. The molecule has 0 spiro atoms. The highest BCUT2D eigenvalue weighted by Crippen LogP contribution is 2.17. The molecular formula is C15H19N3O3. The Balaban J connectivity index is 1.96. The second kappa shape index (κ2) is 5.95. The molecule has 2 rings (SSSR count). The van der Waals surface area contributed by atoms with E-state index in [0.717, 1.165) is 4.90 Å². The lowest BCUT2D eigenvalue weighted by Gasteiger charge is -2.13. The minimum Gasteiger partial charge on any atom is -0.326 e. The number of imide groups is 1. The molecule has 112 valence electrons. The van der Waals surface area contributed by atoms with E-state index in [9.17, 15) is 14.4 Å². The molecule has 0 bridgehead atoms. The lowest BCUT2D eigenvalue weighted by atomic mass is 10.0. The van der Waals surface area contributed by atoms with Crippen molar-refractivity contribution in [3.63, 3.8) is 0 Å². The van der Waals surface area contributed by atoms with Gasteiger partial charge in [-0.05, 0) is 30.5 Å². The van der Waals surface area contributed by atoms with Crippen LogP contribution in [0.2, 0.25) is 0 Å². The van der Waals surface area contributed by atoms with Crippen LogP contribution in [0.25, 0.3) is 0 Å². The van der Waals surface area contributed by atoms with Gasteiger partial charge in [-0.15, -0.1) is 0 Å². The third-order valence-electron chi connectivity index (χ3n) is 3.38. The second-order valence-electron chi connectivity index (χ2n) is 5.42. The fraction of sp³-hybridized carbons (Fsp3) is 0.400. The summed E-state index contributed by atoms with van der Waals surface area (Å²) in [6.45, 7) is 5.49. The minimum absolute atomic E-state index is 0.277. The van der Waals surface area contributed by atoms with Crippen molar-refractivity contribution < 1.29 is 14.4 Å². The maximum atomic E-state index is 11.9. The molecule has 1 fully saturated rings. The molecule has 1 heterocycles. The summed E-state index contributed by atoms with van der Waals surface area (Å²) in [4.78, 5) is 36.0. The van der Waals surface area contributed by atoms with Crippen LogP contribution in [0, 0.1) is 0 Å². The van der Waals surface area contributed by atoms with Gasteiger partial charge in [-0.2, -0.15) is 0 Å². The first-order valence-corrected chi connectivity index (χ1v) is 6.90. The average molecular weight is 289 g/mol. The first-order chi connectivity index (χ1) is 9.88. The van der Waals surface area contributed by atoms with Crippen LogP contribution >= 0.6 is 0 Å². The zero-order valence-corrected chi connectivity index (χ0v) is 12.3. The van der Waals surface area contributed by atoms with E-state index in [4.69, 9.17) is 0 Å². The predicted molar refractivity (Wildman–Crippen MR) is 78.9 cm³/mol. The van der Waals surface area contributed by atoms with Crippen LogP contribution in [-0.4, -0.2) is 35.3 Å². The number of nitrogens with zero attached hydrogens (tertiary/aromatic N) is 1. The average Bonchev–Trinajstić information content (AvgIpc) is 2.66.